The minimum absolute atomic E-state index is 0.0806. The molecule has 18 heavy (non-hydrogen) atoms. The Morgan fingerprint density at radius 1 is 1.22 bits per heavy atom. The molecule has 0 aromatic heterocycles. The molecule has 0 aromatic carbocycles. The number of hydrogen-bond donors (Lipinski definition) is 0. The SMILES string of the molecule is COP(=O)(OC)C(C)OC1CCC(OC(C)=O)C1. The van der Waals surface area contributed by atoms with Crippen molar-refractivity contribution in [3.8, 4) is 0 Å². The fraction of sp³-hybridized carbons (Fsp3) is 0.909. The topological polar surface area (TPSA) is 71.1 Å². The Bertz CT molecular complexity index is 323. The zero-order valence-electron chi connectivity index (χ0n) is 11.3. The summed E-state index contributed by atoms with van der Waals surface area (Å²) < 4.78 is 32.6. The molecule has 0 saturated heterocycles. The Labute approximate surface area is 107 Å². The summed E-state index contributed by atoms with van der Waals surface area (Å²) in [5.41, 5.74) is 0. The molecule has 0 aromatic rings. The van der Waals surface area contributed by atoms with E-state index in [9.17, 15) is 9.36 Å². The van der Waals surface area contributed by atoms with Gasteiger partial charge in [0.15, 0.2) is 5.85 Å². The third kappa shape index (κ3) is 4.05. The summed E-state index contributed by atoms with van der Waals surface area (Å²) in [7, 11) is -0.534. The van der Waals surface area contributed by atoms with Crippen molar-refractivity contribution in [1.29, 1.82) is 0 Å². The van der Waals surface area contributed by atoms with Gasteiger partial charge in [0.1, 0.15) is 6.10 Å². The van der Waals surface area contributed by atoms with Crippen molar-refractivity contribution < 1.29 is 27.9 Å². The molecule has 1 rings (SSSR count). The molecule has 3 atom stereocenters. The van der Waals surface area contributed by atoms with E-state index in [-0.39, 0.29) is 18.2 Å². The van der Waals surface area contributed by atoms with E-state index in [2.05, 4.69) is 0 Å². The average Bonchev–Trinajstić information content (AvgIpc) is 2.74. The molecule has 1 fully saturated rings. The van der Waals surface area contributed by atoms with E-state index in [4.69, 9.17) is 18.5 Å². The van der Waals surface area contributed by atoms with Gasteiger partial charge in [0.05, 0.1) is 6.10 Å². The summed E-state index contributed by atoms with van der Waals surface area (Å²) in [6.07, 6.45) is 1.97. The van der Waals surface area contributed by atoms with Crippen molar-refractivity contribution in [2.24, 2.45) is 0 Å². The molecule has 0 N–H and O–H groups in total. The van der Waals surface area contributed by atoms with E-state index in [1.807, 2.05) is 0 Å². The summed E-state index contributed by atoms with van der Waals surface area (Å²) in [6, 6.07) is 0. The molecule has 6 nitrogen and oxygen atoms in total. The minimum Gasteiger partial charge on any atom is -0.462 e. The Morgan fingerprint density at radius 3 is 2.28 bits per heavy atom. The first-order valence-corrected chi connectivity index (χ1v) is 7.56. The van der Waals surface area contributed by atoms with Crippen LogP contribution in [0.5, 0.6) is 0 Å². The summed E-state index contributed by atoms with van der Waals surface area (Å²) in [6.45, 7) is 3.05. The van der Waals surface area contributed by atoms with Crippen molar-refractivity contribution in [1.82, 2.24) is 0 Å². The van der Waals surface area contributed by atoms with Gasteiger partial charge in [-0.05, 0) is 19.8 Å². The number of rotatable bonds is 6. The molecule has 3 unspecified atom stereocenters. The molecular weight excluding hydrogens is 259 g/mol. The van der Waals surface area contributed by atoms with Crippen LogP contribution in [0.1, 0.15) is 33.1 Å². The van der Waals surface area contributed by atoms with Gasteiger partial charge < -0.3 is 18.5 Å². The Hall–Kier alpha value is -0.420. The first-order chi connectivity index (χ1) is 8.41. The van der Waals surface area contributed by atoms with Crippen LogP contribution in [-0.4, -0.2) is 38.2 Å². The van der Waals surface area contributed by atoms with Crippen LogP contribution in [0.3, 0.4) is 0 Å². The van der Waals surface area contributed by atoms with Crippen molar-refractivity contribution >= 4 is 13.6 Å². The Balaban J connectivity index is 2.45. The lowest BCUT2D eigenvalue weighted by Gasteiger charge is -2.24. The van der Waals surface area contributed by atoms with Crippen molar-refractivity contribution in [3.63, 3.8) is 0 Å². The molecule has 0 amide bonds. The molecule has 0 bridgehead atoms. The number of esters is 1. The fourth-order valence-electron chi connectivity index (χ4n) is 2.09. The molecular formula is C11H21O6P. The number of hydrogen-bond acceptors (Lipinski definition) is 6. The van der Waals surface area contributed by atoms with Crippen LogP contribution in [-0.2, 0) is 27.9 Å². The van der Waals surface area contributed by atoms with E-state index in [0.717, 1.165) is 12.8 Å². The second-order valence-corrected chi connectivity index (χ2v) is 6.84. The quantitative estimate of drug-likeness (QED) is 0.549. The van der Waals surface area contributed by atoms with Crippen molar-refractivity contribution in [2.75, 3.05) is 14.2 Å². The molecule has 1 aliphatic carbocycles. The highest BCUT2D eigenvalue weighted by Gasteiger charge is 2.36. The Morgan fingerprint density at radius 2 is 1.78 bits per heavy atom. The minimum atomic E-state index is -3.20. The highest BCUT2D eigenvalue weighted by molar-refractivity contribution is 7.54. The smallest absolute Gasteiger partial charge is 0.358 e. The third-order valence-corrected chi connectivity index (χ3v) is 5.04. The molecule has 7 heteroatoms. The monoisotopic (exact) mass is 280 g/mol. The number of carbonyl (C=O) groups is 1. The van der Waals surface area contributed by atoms with Crippen molar-refractivity contribution in [2.45, 2.75) is 51.2 Å². The summed E-state index contributed by atoms with van der Waals surface area (Å²) in [5, 5.41) is 0. The van der Waals surface area contributed by atoms with E-state index >= 15 is 0 Å². The van der Waals surface area contributed by atoms with Gasteiger partial charge in [0.25, 0.3) is 0 Å². The lowest BCUT2D eigenvalue weighted by molar-refractivity contribution is -0.146. The molecule has 0 spiro atoms. The van der Waals surface area contributed by atoms with Crippen LogP contribution in [0.2, 0.25) is 0 Å². The summed E-state index contributed by atoms with van der Waals surface area (Å²) in [5.74, 6) is -0.915. The maximum atomic E-state index is 12.0. The highest BCUT2D eigenvalue weighted by Crippen LogP contribution is 2.52. The van der Waals surface area contributed by atoms with Crippen LogP contribution in [0.15, 0.2) is 0 Å². The lowest BCUT2D eigenvalue weighted by atomic mass is 10.3. The van der Waals surface area contributed by atoms with Gasteiger partial charge in [0.2, 0.25) is 0 Å². The lowest BCUT2D eigenvalue weighted by Crippen LogP contribution is -2.20. The second kappa shape index (κ2) is 6.66. The predicted molar refractivity (Wildman–Crippen MR) is 65.4 cm³/mol. The summed E-state index contributed by atoms with van der Waals surface area (Å²) >= 11 is 0. The first kappa shape index (κ1) is 15.6. The average molecular weight is 280 g/mol. The van der Waals surface area contributed by atoms with E-state index < -0.39 is 13.4 Å². The number of ether oxygens (including phenoxy) is 2. The van der Waals surface area contributed by atoms with Gasteiger partial charge >= 0.3 is 13.6 Å². The van der Waals surface area contributed by atoms with Crippen molar-refractivity contribution in [3.05, 3.63) is 0 Å². The van der Waals surface area contributed by atoms with E-state index in [1.165, 1.54) is 21.1 Å². The molecule has 1 aliphatic rings. The van der Waals surface area contributed by atoms with Crippen LogP contribution < -0.4 is 0 Å². The molecule has 0 aliphatic heterocycles. The molecule has 0 heterocycles. The molecule has 1 saturated carbocycles. The fourth-order valence-corrected chi connectivity index (χ4v) is 3.15. The van der Waals surface area contributed by atoms with E-state index in [1.54, 1.807) is 6.92 Å². The van der Waals surface area contributed by atoms with Gasteiger partial charge in [-0.1, -0.05) is 0 Å². The van der Waals surface area contributed by atoms with Gasteiger partial charge in [-0.3, -0.25) is 9.36 Å². The zero-order valence-corrected chi connectivity index (χ0v) is 12.1. The predicted octanol–water partition coefficient (Wildman–Crippen LogP) is 2.32. The normalized spacial score (nSPS) is 26.0. The second-order valence-electron chi connectivity index (χ2n) is 4.31. The van der Waals surface area contributed by atoms with Crippen LogP contribution in [0.4, 0.5) is 0 Å². The van der Waals surface area contributed by atoms with Gasteiger partial charge in [-0.15, -0.1) is 0 Å². The standard InChI is InChI=1S/C11H21O6P/c1-8(12)16-10-5-6-11(7-10)17-9(2)18(13,14-3)15-4/h9-11H,5-7H2,1-4H3. The Kier molecular flexibility index (Phi) is 5.79. The third-order valence-electron chi connectivity index (χ3n) is 3.01. The summed E-state index contributed by atoms with van der Waals surface area (Å²) in [4.78, 5) is 10.8. The van der Waals surface area contributed by atoms with Gasteiger partial charge in [-0.2, -0.15) is 0 Å². The van der Waals surface area contributed by atoms with E-state index in [0.29, 0.717) is 6.42 Å². The van der Waals surface area contributed by atoms with Crippen LogP contribution >= 0.6 is 7.60 Å². The van der Waals surface area contributed by atoms with Gasteiger partial charge in [-0.25, -0.2) is 0 Å². The first-order valence-electron chi connectivity index (χ1n) is 5.95. The van der Waals surface area contributed by atoms with Crippen LogP contribution in [0.25, 0.3) is 0 Å². The largest absolute Gasteiger partial charge is 0.462 e. The molecule has 0 radical (unpaired) electrons. The highest BCUT2D eigenvalue weighted by atomic mass is 31.2. The molecule has 106 valence electrons. The zero-order chi connectivity index (χ0) is 13.8. The maximum Gasteiger partial charge on any atom is 0.358 e. The van der Waals surface area contributed by atoms with Crippen LogP contribution in [0, 0.1) is 0 Å². The maximum absolute atomic E-state index is 12.0. The number of carbonyl (C=O) groups excluding carboxylic acids is 1. The van der Waals surface area contributed by atoms with Gasteiger partial charge in [0, 0.05) is 27.6 Å².